The van der Waals surface area contributed by atoms with E-state index in [2.05, 4.69) is 9.88 Å². The van der Waals surface area contributed by atoms with Gasteiger partial charge in [-0.25, -0.2) is 9.59 Å². The second-order valence-electron chi connectivity index (χ2n) is 10.7. The Balaban J connectivity index is 1.87. The second-order valence-corrected chi connectivity index (χ2v) is 10.7. The minimum Gasteiger partial charge on any atom is -0.443 e. The van der Waals surface area contributed by atoms with E-state index in [1.807, 2.05) is 0 Å². The van der Waals surface area contributed by atoms with Crippen molar-refractivity contribution in [3.63, 3.8) is 0 Å². The number of rotatable bonds is 8. The Morgan fingerprint density at radius 1 is 1.11 bits per heavy atom. The third-order valence-electron chi connectivity index (χ3n) is 5.22. The predicted molar refractivity (Wildman–Crippen MR) is 130 cm³/mol. The fourth-order valence-electron chi connectivity index (χ4n) is 3.62. The number of pyridine rings is 1. The number of carbonyl (C=O) groups is 2. The number of nitrogens with zero attached hydrogens (tertiary/aromatic N) is 4. The lowest BCUT2D eigenvalue weighted by molar-refractivity contribution is -0.389. The molecule has 196 valence electrons. The maximum Gasteiger partial charge on any atom is 0.508 e. The molecule has 0 spiro atoms. The van der Waals surface area contributed by atoms with Gasteiger partial charge in [0, 0.05) is 19.2 Å². The molecule has 1 fully saturated rings. The van der Waals surface area contributed by atoms with Crippen LogP contribution in [-0.2, 0) is 14.2 Å². The van der Waals surface area contributed by atoms with Crippen LogP contribution >= 0.6 is 0 Å². The van der Waals surface area contributed by atoms with Crippen LogP contribution < -0.4 is 4.90 Å². The van der Waals surface area contributed by atoms with Crippen LogP contribution in [0.1, 0.15) is 60.8 Å². The van der Waals surface area contributed by atoms with E-state index in [4.69, 9.17) is 14.2 Å². The van der Waals surface area contributed by atoms with Crippen LogP contribution in [0.3, 0.4) is 0 Å². The summed E-state index contributed by atoms with van der Waals surface area (Å²) in [6.45, 7) is 14.0. The fraction of sp³-hybridized carbons (Fsp3) is 0.708. The second kappa shape index (κ2) is 12.1. The number of carbonyl (C=O) groups excluding carboxylic acids is 2. The monoisotopic (exact) mass is 494 g/mol. The average molecular weight is 495 g/mol. The molecule has 2 rings (SSSR count). The molecule has 0 radical (unpaired) electrons. The van der Waals surface area contributed by atoms with E-state index in [9.17, 15) is 19.7 Å². The molecule has 0 unspecified atom stereocenters. The van der Waals surface area contributed by atoms with Crippen LogP contribution in [-0.4, -0.2) is 71.0 Å². The highest BCUT2D eigenvalue weighted by molar-refractivity contribution is 5.87. The van der Waals surface area contributed by atoms with Crippen molar-refractivity contribution in [3.8, 4) is 0 Å². The number of hydrogen-bond donors (Lipinski definition) is 0. The Bertz CT molecular complexity index is 854. The highest BCUT2D eigenvalue weighted by Gasteiger charge is 2.29. The maximum absolute atomic E-state index is 12.9. The Kier molecular flexibility index (Phi) is 9.82. The molecule has 0 N–H and O–H groups in total. The Morgan fingerprint density at radius 2 is 1.74 bits per heavy atom. The number of hydrogen-bond acceptors (Lipinski definition) is 9. The third-order valence-corrected chi connectivity index (χ3v) is 5.22. The Labute approximate surface area is 206 Å². The SMILES string of the molecule is CC(C)(C)OC(=O)OCCCN1CCC(CN(C(=O)OC(C)(C)C)c2ccc([N+](=O)[O-])nc2)CC1. The van der Waals surface area contributed by atoms with Crippen molar-refractivity contribution in [2.24, 2.45) is 5.92 Å². The van der Waals surface area contributed by atoms with E-state index in [0.717, 1.165) is 32.5 Å². The zero-order valence-corrected chi connectivity index (χ0v) is 21.6. The lowest BCUT2D eigenvalue weighted by atomic mass is 9.96. The molecular weight excluding hydrogens is 456 g/mol. The van der Waals surface area contributed by atoms with E-state index in [1.165, 1.54) is 23.2 Å². The molecule has 35 heavy (non-hydrogen) atoms. The van der Waals surface area contributed by atoms with Gasteiger partial charge in [0.1, 0.15) is 11.2 Å². The largest absolute Gasteiger partial charge is 0.508 e. The van der Waals surface area contributed by atoms with E-state index in [0.29, 0.717) is 25.3 Å². The minimum atomic E-state index is -0.672. The summed E-state index contributed by atoms with van der Waals surface area (Å²) in [6, 6.07) is 2.81. The van der Waals surface area contributed by atoms with Crippen LogP contribution in [0.4, 0.5) is 21.1 Å². The Hall–Kier alpha value is -2.95. The molecule has 0 atom stereocenters. The first-order valence-electron chi connectivity index (χ1n) is 11.9. The smallest absolute Gasteiger partial charge is 0.443 e. The summed E-state index contributed by atoms with van der Waals surface area (Å²) in [5.41, 5.74) is -0.781. The van der Waals surface area contributed by atoms with Gasteiger partial charge < -0.3 is 29.2 Å². The van der Waals surface area contributed by atoms with Crippen molar-refractivity contribution < 1.29 is 28.7 Å². The molecule has 1 saturated heterocycles. The van der Waals surface area contributed by atoms with Crippen LogP contribution in [0.25, 0.3) is 0 Å². The zero-order chi connectivity index (χ0) is 26.2. The molecule has 0 saturated carbocycles. The van der Waals surface area contributed by atoms with Crippen LogP contribution in [0, 0.1) is 16.0 Å². The molecule has 1 aromatic heterocycles. The van der Waals surface area contributed by atoms with Gasteiger partial charge in [-0.2, -0.15) is 0 Å². The summed E-state index contributed by atoms with van der Waals surface area (Å²) >= 11 is 0. The third kappa shape index (κ3) is 10.5. The summed E-state index contributed by atoms with van der Waals surface area (Å²) in [5, 5.41) is 10.9. The molecule has 1 aliphatic rings. The first-order valence-corrected chi connectivity index (χ1v) is 11.9. The van der Waals surface area contributed by atoms with Gasteiger partial charge in [-0.15, -0.1) is 0 Å². The number of ether oxygens (including phenoxy) is 3. The van der Waals surface area contributed by atoms with E-state index < -0.39 is 28.4 Å². The lowest BCUT2D eigenvalue weighted by Crippen LogP contribution is -2.43. The highest BCUT2D eigenvalue weighted by atomic mass is 16.7. The summed E-state index contributed by atoms with van der Waals surface area (Å²) in [7, 11) is 0. The number of nitro groups is 1. The van der Waals surface area contributed by atoms with Crippen molar-refractivity contribution in [1.82, 2.24) is 9.88 Å². The number of aromatic nitrogens is 1. The first-order chi connectivity index (χ1) is 16.2. The van der Waals surface area contributed by atoms with Crippen molar-refractivity contribution in [2.75, 3.05) is 37.7 Å². The first kappa shape index (κ1) is 28.3. The van der Waals surface area contributed by atoms with Gasteiger partial charge >= 0.3 is 18.1 Å². The topological polar surface area (TPSA) is 124 Å². The quantitative estimate of drug-likeness (QED) is 0.217. The average Bonchev–Trinajstić information content (AvgIpc) is 2.73. The summed E-state index contributed by atoms with van der Waals surface area (Å²) in [6.07, 6.45) is 2.65. The molecule has 0 aromatic carbocycles. The molecular formula is C24H38N4O7. The van der Waals surface area contributed by atoms with E-state index >= 15 is 0 Å². The number of likely N-dealkylation sites (tertiary alicyclic amines) is 1. The molecule has 1 amide bonds. The predicted octanol–water partition coefficient (Wildman–Crippen LogP) is 4.79. The van der Waals surface area contributed by atoms with E-state index in [1.54, 1.807) is 41.5 Å². The standard InChI is InChI=1S/C24H38N4O7/c1-23(2,3)34-21(29)27(19-8-9-20(25-16-19)28(31)32)17-18-10-13-26(14-11-18)12-7-15-33-22(30)35-24(4,5)6/h8-9,16,18H,7,10-15,17H2,1-6H3. The normalized spacial score (nSPS) is 15.4. The molecule has 11 heteroatoms. The van der Waals surface area contributed by atoms with Crippen molar-refractivity contribution >= 4 is 23.8 Å². The number of anilines is 1. The van der Waals surface area contributed by atoms with Crippen molar-refractivity contribution in [3.05, 3.63) is 28.4 Å². The highest BCUT2D eigenvalue weighted by Crippen LogP contribution is 2.25. The molecule has 11 nitrogen and oxygen atoms in total. The van der Waals surface area contributed by atoms with Gasteiger partial charge in [0.05, 0.1) is 12.3 Å². The zero-order valence-electron chi connectivity index (χ0n) is 21.6. The summed E-state index contributed by atoms with van der Waals surface area (Å²) in [4.78, 5) is 42.6. The van der Waals surface area contributed by atoms with Gasteiger partial charge in [-0.1, -0.05) is 0 Å². The molecule has 1 aromatic rings. The van der Waals surface area contributed by atoms with Gasteiger partial charge in [-0.05, 0) is 95.8 Å². The van der Waals surface area contributed by atoms with Crippen molar-refractivity contribution in [2.45, 2.75) is 72.0 Å². The minimum absolute atomic E-state index is 0.243. The van der Waals surface area contributed by atoms with E-state index in [-0.39, 0.29) is 11.7 Å². The summed E-state index contributed by atoms with van der Waals surface area (Å²) < 4.78 is 15.8. The fourth-order valence-corrected chi connectivity index (χ4v) is 3.62. The van der Waals surface area contributed by atoms with Gasteiger partial charge in [0.25, 0.3) is 0 Å². The molecule has 1 aliphatic heterocycles. The Morgan fingerprint density at radius 3 is 2.26 bits per heavy atom. The number of amides is 1. The molecule has 0 bridgehead atoms. The lowest BCUT2D eigenvalue weighted by Gasteiger charge is -2.35. The van der Waals surface area contributed by atoms with Crippen LogP contribution in [0.2, 0.25) is 0 Å². The van der Waals surface area contributed by atoms with Gasteiger partial charge in [0.2, 0.25) is 0 Å². The number of piperidine rings is 1. The molecule has 0 aliphatic carbocycles. The van der Waals surface area contributed by atoms with Crippen LogP contribution in [0.15, 0.2) is 18.3 Å². The van der Waals surface area contributed by atoms with Crippen molar-refractivity contribution in [1.29, 1.82) is 0 Å². The summed E-state index contributed by atoms with van der Waals surface area (Å²) in [5.74, 6) is -0.0335. The maximum atomic E-state index is 12.9. The van der Waals surface area contributed by atoms with Crippen LogP contribution in [0.5, 0.6) is 0 Å². The molecule has 2 heterocycles. The van der Waals surface area contributed by atoms with Gasteiger partial charge in [0.15, 0.2) is 6.20 Å². The van der Waals surface area contributed by atoms with Gasteiger partial charge in [-0.3, -0.25) is 4.90 Å².